The van der Waals surface area contributed by atoms with Gasteiger partial charge in [0.15, 0.2) is 0 Å². The number of nitrogens with zero attached hydrogens (tertiary/aromatic N) is 1. The van der Waals surface area contributed by atoms with Gasteiger partial charge in [0.2, 0.25) is 0 Å². The molecule has 8 heteroatoms. The van der Waals surface area contributed by atoms with E-state index in [1.807, 2.05) is 5.32 Å². The Labute approximate surface area is 110 Å². The van der Waals surface area contributed by atoms with Gasteiger partial charge in [-0.25, -0.2) is 9.59 Å². The zero-order valence-electron chi connectivity index (χ0n) is 11.1. The van der Waals surface area contributed by atoms with E-state index in [9.17, 15) is 19.2 Å². The number of hydrogen-bond donors (Lipinski definition) is 2. The summed E-state index contributed by atoms with van der Waals surface area (Å²) in [5, 5.41) is 10.7. The molecule has 19 heavy (non-hydrogen) atoms. The van der Waals surface area contributed by atoms with Gasteiger partial charge in [-0.1, -0.05) is 0 Å². The monoisotopic (exact) mass is 272 g/mol. The lowest BCUT2D eigenvalue weighted by molar-refractivity contribution is -0.141. The first-order valence-corrected chi connectivity index (χ1v) is 5.24. The topological polar surface area (TPSA) is 113 Å². The number of aliphatic carboxylic acids is 1. The summed E-state index contributed by atoms with van der Waals surface area (Å²) in [5.41, 5.74) is -0.256. The maximum absolute atomic E-state index is 11.6. The molecule has 0 atom stereocenters. The average Bonchev–Trinajstić information content (AvgIpc) is 2.35. The Morgan fingerprint density at radius 3 is 2.11 bits per heavy atom. The van der Waals surface area contributed by atoms with Crippen LogP contribution in [0.3, 0.4) is 0 Å². The molecule has 106 valence electrons. The predicted octanol–water partition coefficient (Wildman–Crippen LogP) is -0.252. The molecule has 0 spiro atoms. The first kappa shape index (κ1) is 16.6. The van der Waals surface area contributed by atoms with E-state index in [0.717, 1.165) is 4.90 Å². The summed E-state index contributed by atoms with van der Waals surface area (Å²) in [6, 6.07) is -0.826. The van der Waals surface area contributed by atoms with Crippen LogP contribution in [0.4, 0.5) is 4.79 Å². The van der Waals surface area contributed by atoms with Crippen LogP contribution in [0.15, 0.2) is 11.1 Å². The van der Waals surface area contributed by atoms with E-state index in [0.29, 0.717) is 0 Å². The van der Waals surface area contributed by atoms with E-state index in [1.165, 1.54) is 28.0 Å². The van der Waals surface area contributed by atoms with Gasteiger partial charge in [0.25, 0.3) is 5.91 Å². The Kier molecular flexibility index (Phi) is 6.25. The second kappa shape index (κ2) is 7.14. The van der Waals surface area contributed by atoms with E-state index in [1.54, 1.807) is 0 Å². The fraction of sp³-hybridized carbons (Fsp3) is 0.455. The Morgan fingerprint density at radius 2 is 1.68 bits per heavy atom. The maximum atomic E-state index is 11.6. The second-order valence-corrected chi connectivity index (χ2v) is 3.75. The minimum atomic E-state index is -1.25. The van der Waals surface area contributed by atoms with Crippen molar-refractivity contribution in [2.24, 2.45) is 0 Å². The first-order valence-electron chi connectivity index (χ1n) is 5.24. The fourth-order valence-corrected chi connectivity index (χ4v) is 0.947. The number of imide groups is 1. The van der Waals surface area contributed by atoms with Crippen molar-refractivity contribution in [3.05, 3.63) is 11.1 Å². The van der Waals surface area contributed by atoms with Gasteiger partial charge in [-0.3, -0.25) is 14.9 Å². The van der Waals surface area contributed by atoms with Crippen molar-refractivity contribution in [1.82, 2.24) is 10.2 Å². The number of rotatable bonds is 4. The molecule has 0 aromatic carbocycles. The van der Waals surface area contributed by atoms with Crippen LogP contribution in [0.25, 0.3) is 0 Å². The number of hydrogen-bond acceptors (Lipinski definition) is 5. The second-order valence-electron chi connectivity index (χ2n) is 3.75. The number of methoxy groups -OCH3 is 1. The summed E-state index contributed by atoms with van der Waals surface area (Å²) in [7, 11) is 2.46. The SMILES string of the molecule is COC(=O)CN(C)C(=O)NC(=O)C(C)=C(C)C(=O)O. The van der Waals surface area contributed by atoms with Crippen LogP contribution < -0.4 is 5.32 Å². The van der Waals surface area contributed by atoms with Crippen molar-refractivity contribution in [2.45, 2.75) is 13.8 Å². The Morgan fingerprint density at radius 1 is 1.16 bits per heavy atom. The van der Waals surface area contributed by atoms with Crippen LogP contribution >= 0.6 is 0 Å². The molecular formula is C11H16N2O6. The predicted molar refractivity (Wildman–Crippen MR) is 64.2 cm³/mol. The van der Waals surface area contributed by atoms with Gasteiger partial charge in [0.1, 0.15) is 6.54 Å². The normalized spacial score (nSPS) is 11.2. The van der Waals surface area contributed by atoms with Gasteiger partial charge in [-0.2, -0.15) is 0 Å². The Bertz CT molecular complexity index is 440. The van der Waals surface area contributed by atoms with Gasteiger partial charge in [-0.15, -0.1) is 0 Å². The van der Waals surface area contributed by atoms with Crippen molar-refractivity contribution in [3.63, 3.8) is 0 Å². The number of nitrogens with one attached hydrogen (secondary N) is 1. The maximum Gasteiger partial charge on any atom is 0.331 e. The number of carboxylic acids is 1. The van der Waals surface area contributed by atoms with Crippen molar-refractivity contribution >= 4 is 23.9 Å². The van der Waals surface area contributed by atoms with E-state index >= 15 is 0 Å². The lowest BCUT2D eigenvalue weighted by Gasteiger charge is -2.16. The molecule has 0 unspecified atom stereocenters. The van der Waals surface area contributed by atoms with Crippen LogP contribution in [0, 0.1) is 0 Å². The summed E-state index contributed by atoms with van der Waals surface area (Å²) in [5.74, 6) is -2.72. The van der Waals surface area contributed by atoms with E-state index in [4.69, 9.17) is 5.11 Å². The van der Waals surface area contributed by atoms with Gasteiger partial charge < -0.3 is 14.7 Å². The Hall–Kier alpha value is -2.38. The molecule has 0 fully saturated rings. The average molecular weight is 272 g/mol. The number of likely N-dealkylation sites (N-methyl/N-ethyl adjacent to an activating group) is 1. The van der Waals surface area contributed by atoms with Crippen LogP contribution in [-0.4, -0.2) is 54.6 Å². The number of esters is 1. The highest BCUT2D eigenvalue weighted by atomic mass is 16.5. The van der Waals surface area contributed by atoms with Crippen molar-refractivity contribution < 1.29 is 29.0 Å². The molecule has 0 bridgehead atoms. The lowest BCUT2D eigenvalue weighted by Crippen LogP contribution is -2.43. The summed E-state index contributed by atoms with van der Waals surface area (Å²) in [6.45, 7) is 2.21. The summed E-state index contributed by atoms with van der Waals surface area (Å²) < 4.78 is 4.36. The molecule has 0 radical (unpaired) electrons. The number of urea groups is 1. The molecule has 8 nitrogen and oxygen atoms in total. The van der Waals surface area contributed by atoms with E-state index in [2.05, 4.69) is 4.74 Å². The molecule has 0 aromatic rings. The molecule has 2 N–H and O–H groups in total. The summed E-state index contributed by atoms with van der Waals surface area (Å²) in [6.07, 6.45) is 0. The molecule has 0 aliphatic carbocycles. The molecule has 0 rings (SSSR count). The zero-order valence-corrected chi connectivity index (χ0v) is 11.1. The molecule has 0 heterocycles. The molecule has 0 saturated heterocycles. The molecular weight excluding hydrogens is 256 g/mol. The van der Waals surface area contributed by atoms with Crippen molar-refractivity contribution in [1.29, 1.82) is 0 Å². The van der Waals surface area contributed by atoms with Crippen LogP contribution in [0.5, 0.6) is 0 Å². The standard InChI is InChI=1S/C11H16N2O6/c1-6(7(2)10(16)17)9(15)12-11(18)13(3)5-8(14)19-4/h5H2,1-4H3,(H,16,17)(H,12,15,18). The highest BCUT2D eigenvalue weighted by molar-refractivity contribution is 6.07. The highest BCUT2D eigenvalue weighted by Gasteiger charge is 2.18. The quantitative estimate of drug-likeness (QED) is 0.539. The number of carbonyl (C=O) groups is 4. The van der Waals surface area contributed by atoms with Crippen LogP contribution in [0.2, 0.25) is 0 Å². The third kappa shape index (κ3) is 5.19. The highest BCUT2D eigenvalue weighted by Crippen LogP contribution is 2.03. The molecule has 0 aliphatic rings. The Balaban J connectivity index is 4.66. The van der Waals surface area contributed by atoms with Crippen LogP contribution in [0.1, 0.15) is 13.8 Å². The smallest absolute Gasteiger partial charge is 0.331 e. The minimum Gasteiger partial charge on any atom is -0.478 e. The van der Waals surface area contributed by atoms with Gasteiger partial charge >= 0.3 is 18.0 Å². The van der Waals surface area contributed by atoms with Crippen LogP contribution in [-0.2, 0) is 19.1 Å². The number of carbonyl (C=O) groups excluding carboxylic acids is 3. The summed E-state index contributed by atoms with van der Waals surface area (Å²) in [4.78, 5) is 45.6. The zero-order chi connectivity index (χ0) is 15.2. The molecule has 3 amide bonds. The minimum absolute atomic E-state index is 0.0904. The number of amides is 3. The fourth-order valence-electron chi connectivity index (χ4n) is 0.947. The first-order chi connectivity index (χ1) is 8.70. The molecule has 0 saturated carbocycles. The third-order valence-electron chi connectivity index (χ3n) is 2.38. The largest absolute Gasteiger partial charge is 0.478 e. The molecule has 0 aromatic heterocycles. The van der Waals surface area contributed by atoms with Gasteiger partial charge in [0, 0.05) is 18.2 Å². The van der Waals surface area contributed by atoms with Gasteiger partial charge in [-0.05, 0) is 13.8 Å². The van der Waals surface area contributed by atoms with E-state index < -0.39 is 23.9 Å². The number of ether oxygens (including phenoxy) is 1. The van der Waals surface area contributed by atoms with Crippen molar-refractivity contribution in [2.75, 3.05) is 20.7 Å². The van der Waals surface area contributed by atoms with E-state index in [-0.39, 0.29) is 17.7 Å². The number of carboxylic acid groups (broad SMARTS) is 1. The molecule has 0 aliphatic heterocycles. The lowest BCUT2D eigenvalue weighted by atomic mass is 10.1. The third-order valence-corrected chi connectivity index (χ3v) is 2.38. The van der Waals surface area contributed by atoms with Crippen molar-refractivity contribution in [3.8, 4) is 0 Å². The summed E-state index contributed by atoms with van der Waals surface area (Å²) >= 11 is 0. The van der Waals surface area contributed by atoms with Gasteiger partial charge in [0.05, 0.1) is 7.11 Å².